The second kappa shape index (κ2) is 11.6. The van der Waals surface area contributed by atoms with Crippen LogP contribution in [-0.2, 0) is 6.42 Å². The van der Waals surface area contributed by atoms with Crippen LogP contribution >= 0.6 is 0 Å². The summed E-state index contributed by atoms with van der Waals surface area (Å²) in [5, 5.41) is 7.58. The molecule has 0 unspecified atom stereocenters. The summed E-state index contributed by atoms with van der Waals surface area (Å²) < 4.78 is 12.8. The SMILES string of the molecule is CCCc1c(C(=O)Nc2cccc(-c3cccc(-c4cc(OC)ccc4OC)n3)c2)cnn1-c1ccccc1. The average Bonchev–Trinajstić information content (AvgIpc) is 3.41. The molecule has 0 bridgehead atoms. The van der Waals surface area contributed by atoms with Gasteiger partial charge in [0.1, 0.15) is 11.5 Å². The predicted octanol–water partition coefficient (Wildman–Crippen LogP) is 6.82. The summed E-state index contributed by atoms with van der Waals surface area (Å²) >= 11 is 0. The van der Waals surface area contributed by atoms with E-state index in [0.717, 1.165) is 52.5 Å². The standard InChI is InChI=1S/C32H30N4O3/c1-4-10-30-27(21-33-36(30)24-13-6-5-7-14-24)32(37)34-23-12-8-11-22(19-23)28-15-9-16-29(35-28)26-20-25(38-2)17-18-31(26)39-3/h5-9,11-21H,4,10H2,1-3H3,(H,34,37). The number of amides is 1. The monoisotopic (exact) mass is 518 g/mol. The number of para-hydroxylation sites is 1. The molecule has 0 saturated heterocycles. The zero-order valence-corrected chi connectivity index (χ0v) is 22.2. The summed E-state index contributed by atoms with van der Waals surface area (Å²) in [6, 6.07) is 29.0. The van der Waals surface area contributed by atoms with Crippen LogP contribution < -0.4 is 14.8 Å². The maximum Gasteiger partial charge on any atom is 0.259 e. The van der Waals surface area contributed by atoms with E-state index in [1.54, 1.807) is 20.4 Å². The third kappa shape index (κ3) is 5.52. The number of anilines is 1. The van der Waals surface area contributed by atoms with Gasteiger partial charge in [0, 0.05) is 16.8 Å². The first kappa shape index (κ1) is 25.7. The molecule has 7 heteroatoms. The minimum atomic E-state index is -0.194. The largest absolute Gasteiger partial charge is 0.497 e. The Balaban J connectivity index is 1.42. The summed E-state index contributed by atoms with van der Waals surface area (Å²) in [4.78, 5) is 18.3. The molecule has 2 aromatic heterocycles. The Kier molecular flexibility index (Phi) is 7.68. The lowest BCUT2D eigenvalue weighted by molar-refractivity contribution is 0.102. The van der Waals surface area contributed by atoms with Gasteiger partial charge in [-0.05, 0) is 61.0 Å². The van der Waals surface area contributed by atoms with Gasteiger partial charge in [-0.1, -0.05) is 49.7 Å². The number of pyridine rings is 1. The number of carbonyl (C=O) groups excluding carboxylic acids is 1. The zero-order chi connectivity index (χ0) is 27.2. The Hall–Kier alpha value is -4.91. The number of nitrogens with zero attached hydrogens (tertiary/aromatic N) is 3. The van der Waals surface area contributed by atoms with Gasteiger partial charge in [-0.25, -0.2) is 9.67 Å². The molecule has 0 radical (unpaired) electrons. The third-order valence-electron chi connectivity index (χ3n) is 6.45. The van der Waals surface area contributed by atoms with Crippen molar-refractivity contribution in [1.29, 1.82) is 0 Å². The summed E-state index contributed by atoms with van der Waals surface area (Å²) in [7, 11) is 3.27. The van der Waals surface area contributed by atoms with E-state index in [1.807, 2.05) is 95.7 Å². The maximum absolute atomic E-state index is 13.4. The van der Waals surface area contributed by atoms with Gasteiger partial charge in [0.05, 0.1) is 48.7 Å². The van der Waals surface area contributed by atoms with Gasteiger partial charge in [-0.2, -0.15) is 5.10 Å². The molecule has 2 heterocycles. The number of hydrogen-bond donors (Lipinski definition) is 1. The normalized spacial score (nSPS) is 10.7. The Morgan fingerprint density at radius 2 is 1.67 bits per heavy atom. The van der Waals surface area contributed by atoms with Gasteiger partial charge in [0.2, 0.25) is 0 Å². The molecular weight excluding hydrogens is 488 g/mol. The molecule has 0 saturated carbocycles. The Labute approximate surface area is 228 Å². The van der Waals surface area contributed by atoms with Crippen molar-refractivity contribution in [1.82, 2.24) is 14.8 Å². The van der Waals surface area contributed by atoms with Crippen LogP contribution in [0, 0.1) is 0 Å². The van der Waals surface area contributed by atoms with Gasteiger partial charge < -0.3 is 14.8 Å². The quantitative estimate of drug-likeness (QED) is 0.232. The lowest BCUT2D eigenvalue weighted by atomic mass is 10.1. The molecule has 0 atom stereocenters. The van der Waals surface area contributed by atoms with E-state index >= 15 is 0 Å². The highest BCUT2D eigenvalue weighted by Gasteiger charge is 2.18. The van der Waals surface area contributed by atoms with Crippen molar-refractivity contribution in [2.75, 3.05) is 19.5 Å². The second-order valence-electron chi connectivity index (χ2n) is 9.01. The molecule has 196 valence electrons. The summed E-state index contributed by atoms with van der Waals surface area (Å²) in [5.74, 6) is 1.24. The van der Waals surface area contributed by atoms with Crippen molar-refractivity contribution in [2.24, 2.45) is 0 Å². The van der Waals surface area contributed by atoms with Crippen molar-refractivity contribution in [3.63, 3.8) is 0 Å². The molecular formula is C32H30N4O3. The second-order valence-corrected chi connectivity index (χ2v) is 9.01. The van der Waals surface area contributed by atoms with E-state index in [0.29, 0.717) is 17.0 Å². The average molecular weight is 519 g/mol. The molecule has 1 amide bonds. The van der Waals surface area contributed by atoms with Gasteiger partial charge in [-0.15, -0.1) is 0 Å². The lowest BCUT2D eigenvalue weighted by Gasteiger charge is -2.12. The molecule has 5 rings (SSSR count). The first-order valence-corrected chi connectivity index (χ1v) is 12.8. The number of hydrogen-bond acceptors (Lipinski definition) is 5. The van der Waals surface area contributed by atoms with E-state index in [-0.39, 0.29) is 5.91 Å². The van der Waals surface area contributed by atoms with Crippen LogP contribution in [0.25, 0.3) is 28.2 Å². The summed E-state index contributed by atoms with van der Waals surface area (Å²) in [6.45, 7) is 2.09. The summed E-state index contributed by atoms with van der Waals surface area (Å²) in [6.07, 6.45) is 3.28. The highest BCUT2D eigenvalue weighted by Crippen LogP contribution is 2.33. The van der Waals surface area contributed by atoms with Gasteiger partial charge in [-0.3, -0.25) is 4.79 Å². The van der Waals surface area contributed by atoms with E-state index in [2.05, 4.69) is 17.3 Å². The minimum Gasteiger partial charge on any atom is -0.497 e. The van der Waals surface area contributed by atoms with E-state index in [4.69, 9.17) is 14.5 Å². The smallest absolute Gasteiger partial charge is 0.259 e. The highest BCUT2D eigenvalue weighted by atomic mass is 16.5. The lowest BCUT2D eigenvalue weighted by Crippen LogP contribution is -2.14. The number of methoxy groups -OCH3 is 2. The Morgan fingerprint density at radius 3 is 2.44 bits per heavy atom. The van der Waals surface area contributed by atoms with Crippen molar-refractivity contribution < 1.29 is 14.3 Å². The fraction of sp³-hybridized carbons (Fsp3) is 0.156. The Morgan fingerprint density at radius 1 is 0.872 bits per heavy atom. The molecule has 0 aliphatic rings. The first-order valence-electron chi connectivity index (χ1n) is 12.8. The predicted molar refractivity (Wildman–Crippen MR) is 154 cm³/mol. The number of aromatic nitrogens is 3. The minimum absolute atomic E-state index is 0.194. The van der Waals surface area contributed by atoms with E-state index in [1.165, 1.54) is 0 Å². The third-order valence-corrected chi connectivity index (χ3v) is 6.45. The molecule has 0 aliphatic heterocycles. The topological polar surface area (TPSA) is 78.3 Å². The number of benzene rings is 3. The van der Waals surface area contributed by atoms with Gasteiger partial charge >= 0.3 is 0 Å². The van der Waals surface area contributed by atoms with Gasteiger partial charge in [0.25, 0.3) is 5.91 Å². The molecule has 39 heavy (non-hydrogen) atoms. The molecule has 5 aromatic rings. The molecule has 0 spiro atoms. The molecule has 1 N–H and O–H groups in total. The van der Waals surface area contributed by atoms with Crippen molar-refractivity contribution >= 4 is 11.6 Å². The number of nitrogens with one attached hydrogen (secondary N) is 1. The Bertz CT molecular complexity index is 1590. The molecule has 0 fully saturated rings. The van der Waals surface area contributed by atoms with E-state index < -0.39 is 0 Å². The fourth-order valence-electron chi connectivity index (χ4n) is 4.55. The zero-order valence-electron chi connectivity index (χ0n) is 22.2. The van der Waals surface area contributed by atoms with Crippen LogP contribution in [0.15, 0.2) is 97.2 Å². The van der Waals surface area contributed by atoms with Crippen molar-refractivity contribution in [2.45, 2.75) is 19.8 Å². The molecule has 7 nitrogen and oxygen atoms in total. The van der Waals surface area contributed by atoms with Crippen LogP contribution in [0.3, 0.4) is 0 Å². The molecule has 3 aromatic carbocycles. The maximum atomic E-state index is 13.4. The van der Waals surface area contributed by atoms with Gasteiger partial charge in [0.15, 0.2) is 0 Å². The fourth-order valence-corrected chi connectivity index (χ4v) is 4.55. The summed E-state index contributed by atoms with van der Waals surface area (Å²) in [5.41, 5.74) is 6.31. The van der Waals surface area contributed by atoms with Crippen LogP contribution in [-0.4, -0.2) is 34.9 Å². The molecule has 0 aliphatic carbocycles. The van der Waals surface area contributed by atoms with E-state index in [9.17, 15) is 4.79 Å². The van der Waals surface area contributed by atoms with Crippen molar-refractivity contribution in [3.8, 4) is 39.7 Å². The first-order chi connectivity index (χ1) is 19.1. The number of rotatable bonds is 9. The van der Waals surface area contributed by atoms with Crippen LogP contribution in [0.1, 0.15) is 29.4 Å². The van der Waals surface area contributed by atoms with Crippen LogP contribution in [0.2, 0.25) is 0 Å². The highest BCUT2D eigenvalue weighted by molar-refractivity contribution is 6.05. The van der Waals surface area contributed by atoms with Crippen molar-refractivity contribution in [3.05, 3.63) is 108 Å². The van der Waals surface area contributed by atoms with Crippen LogP contribution in [0.5, 0.6) is 11.5 Å². The number of ether oxygens (including phenoxy) is 2. The van der Waals surface area contributed by atoms with Crippen LogP contribution in [0.4, 0.5) is 5.69 Å². The number of carbonyl (C=O) groups is 1.